The molecule has 0 N–H and O–H groups in total. The van der Waals surface area contributed by atoms with Crippen LogP contribution in [-0.2, 0) is 17.9 Å². The molecule has 1 heterocycles. The quantitative estimate of drug-likeness (QED) is 0.405. The molecule has 0 unspecified atom stereocenters. The normalized spacial score (nSPS) is 10.7. The molecule has 0 spiro atoms. The molecular weight excluding hydrogens is 398 g/mol. The van der Waals surface area contributed by atoms with E-state index in [1.54, 1.807) is 11.8 Å². The Morgan fingerprint density at radius 1 is 0.812 bits per heavy atom. The van der Waals surface area contributed by atoms with Crippen molar-refractivity contribution in [1.82, 2.24) is 14.8 Å². The second-order valence-corrected chi connectivity index (χ2v) is 7.55. The molecule has 0 saturated carbocycles. The van der Waals surface area contributed by atoms with Crippen molar-refractivity contribution in [3.8, 4) is 5.69 Å². The molecule has 4 aromatic rings. The third-order valence-electron chi connectivity index (χ3n) is 5.27. The highest BCUT2D eigenvalue weighted by molar-refractivity contribution is 5.89. The van der Waals surface area contributed by atoms with Crippen LogP contribution in [0.3, 0.4) is 0 Å². The highest BCUT2D eigenvalue weighted by Crippen LogP contribution is 2.24. The third kappa shape index (κ3) is 4.86. The molecule has 6 heteroatoms. The van der Waals surface area contributed by atoms with E-state index >= 15 is 0 Å². The molecular formula is C26H27N5O. The van der Waals surface area contributed by atoms with Gasteiger partial charge in [0.05, 0.1) is 12.2 Å². The van der Waals surface area contributed by atoms with Crippen LogP contribution in [0, 0.1) is 0 Å². The van der Waals surface area contributed by atoms with Gasteiger partial charge in [-0.15, -0.1) is 5.10 Å². The lowest BCUT2D eigenvalue weighted by Crippen LogP contribution is -2.29. The van der Waals surface area contributed by atoms with Gasteiger partial charge in [-0.25, -0.2) is 0 Å². The fourth-order valence-electron chi connectivity index (χ4n) is 3.57. The largest absolute Gasteiger partial charge is 0.337 e. The zero-order valence-corrected chi connectivity index (χ0v) is 18.4. The highest BCUT2D eigenvalue weighted by atomic mass is 16.2. The Kier molecular flexibility index (Phi) is 6.60. The molecule has 1 aromatic heterocycles. The van der Waals surface area contributed by atoms with E-state index in [0.29, 0.717) is 25.0 Å². The third-order valence-corrected chi connectivity index (χ3v) is 5.27. The Balaban J connectivity index is 1.75. The second-order valence-electron chi connectivity index (χ2n) is 7.55. The molecule has 1 amide bonds. The monoisotopic (exact) mass is 425 g/mol. The van der Waals surface area contributed by atoms with E-state index < -0.39 is 0 Å². The molecule has 0 saturated heterocycles. The van der Waals surface area contributed by atoms with Crippen LogP contribution >= 0.6 is 0 Å². The summed E-state index contributed by atoms with van der Waals surface area (Å²) < 4.78 is 1.82. The number of para-hydroxylation sites is 1. The van der Waals surface area contributed by atoms with Gasteiger partial charge in [0.1, 0.15) is 0 Å². The lowest BCUT2D eigenvalue weighted by molar-refractivity contribution is -0.116. The van der Waals surface area contributed by atoms with Gasteiger partial charge in [-0.05, 0) is 30.2 Å². The first-order chi connectivity index (χ1) is 15.7. The lowest BCUT2D eigenvalue weighted by atomic mass is 10.2. The minimum atomic E-state index is -0.100. The van der Waals surface area contributed by atoms with E-state index in [0.717, 1.165) is 17.8 Å². The van der Waals surface area contributed by atoms with Crippen molar-refractivity contribution in [2.75, 3.05) is 16.3 Å². The van der Waals surface area contributed by atoms with Crippen LogP contribution in [-0.4, -0.2) is 27.2 Å². The summed E-state index contributed by atoms with van der Waals surface area (Å²) in [5.74, 6) is 1.00. The van der Waals surface area contributed by atoms with Gasteiger partial charge < -0.3 is 4.90 Å². The fourth-order valence-corrected chi connectivity index (χ4v) is 3.57. The predicted molar refractivity (Wildman–Crippen MR) is 128 cm³/mol. The first-order valence-corrected chi connectivity index (χ1v) is 10.8. The molecule has 0 radical (unpaired) electrons. The van der Waals surface area contributed by atoms with E-state index in [1.165, 1.54) is 5.56 Å². The van der Waals surface area contributed by atoms with Gasteiger partial charge in [0.15, 0.2) is 0 Å². The van der Waals surface area contributed by atoms with Crippen molar-refractivity contribution in [3.05, 3.63) is 102 Å². The molecule has 0 fully saturated rings. The van der Waals surface area contributed by atoms with Crippen molar-refractivity contribution < 1.29 is 4.79 Å². The van der Waals surface area contributed by atoms with Gasteiger partial charge in [0.25, 0.3) is 5.95 Å². The maximum atomic E-state index is 12.6. The van der Waals surface area contributed by atoms with E-state index in [1.807, 2.05) is 83.5 Å². The summed E-state index contributed by atoms with van der Waals surface area (Å²) in [5, 5.41) is 4.78. The van der Waals surface area contributed by atoms with Crippen molar-refractivity contribution in [2.24, 2.45) is 0 Å². The van der Waals surface area contributed by atoms with Crippen molar-refractivity contribution in [2.45, 2.75) is 26.9 Å². The number of nitrogens with zero attached hydrogens (tertiary/aromatic N) is 5. The fraction of sp³-hybridized carbons (Fsp3) is 0.192. The maximum absolute atomic E-state index is 12.6. The molecule has 0 aliphatic carbocycles. The van der Waals surface area contributed by atoms with Gasteiger partial charge in [-0.2, -0.15) is 9.67 Å². The Labute approximate surface area is 188 Å². The Bertz CT molecular complexity index is 1140. The molecule has 0 atom stereocenters. The van der Waals surface area contributed by atoms with E-state index in [9.17, 15) is 4.79 Å². The molecule has 162 valence electrons. The Morgan fingerprint density at radius 3 is 1.88 bits per heavy atom. The molecule has 0 aliphatic heterocycles. The van der Waals surface area contributed by atoms with Gasteiger partial charge in [-0.1, -0.05) is 78.9 Å². The number of rotatable bonds is 8. The van der Waals surface area contributed by atoms with Crippen molar-refractivity contribution in [3.63, 3.8) is 0 Å². The molecule has 3 aromatic carbocycles. The summed E-state index contributed by atoms with van der Waals surface area (Å²) >= 11 is 0. The molecule has 0 aliphatic rings. The van der Waals surface area contributed by atoms with Crippen molar-refractivity contribution in [1.29, 1.82) is 0 Å². The van der Waals surface area contributed by atoms with Gasteiger partial charge in [0.2, 0.25) is 11.9 Å². The number of hydrogen-bond donors (Lipinski definition) is 0. The van der Waals surface area contributed by atoms with E-state index in [4.69, 9.17) is 10.1 Å². The zero-order valence-electron chi connectivity index (χ0n) is 18.4. The van der Waals surface area contributed by atoms with Crippen LogP contribution in [0.25, 0.3) is 5.69 Å². The lowest BCUT2D eigenvalue weighted by Gasteiger charge is -2.22. The van der Waals surface area contributed by atoms with Crippen LogP contribution in [0.4, 0.5) is 11.9 Å². The Hall–Kier alpha value is -3.93. The molecule has 6 nitrogen and oxygen atoms in total. The Morgan fingerprint density at radius 2 is 1.34 bits per heavy atom. The molecule has 4 rings (SSSR count). The smallest absolute Gasteiger partial charge is 0.254 e. The van der Waals surface area contributed by atoms with E-state index in [-0.39, 0.29) is 5.91 Å². The van der Waals surface area contributed by atoms with Crippen LogP contribution in [0.2, 0.25) is 0 Å². The summed E-state index contributed by atoms with van der Waals surface area (Å²) in [4.78, 5) is 21.2. The summed E-state index contributed by atoms with van der Waals surface area (Å²) in [7, 11) is 0. The molecule has 0 bridgehead atoms. The maximum Gasteiger partial charge on any atom is 0.254 e. The number of hydrogen-bond acceptors (Lipinski definition) is 4. The average molecular weight is 426 g/mol. The van der Waals surface area contributed by atoms with Crippen LogP contribution in [0.5, 0.6) is 0 Å². The standard InChI is InChI=1S/C26H27N5O/c1-3-29(19-22-13-7-4-8-14-22)26-27-25(28-31(26)24-17-11-6-12-18-24)30(21(2)32)20-23-15-9-5-10-16-23/h4-18H,3,19-20H2,1-2H3. The predicted octanol–water partition coefficient (Wildman–Crippen LogP) is 4.85. The second kappa shape index (κ2) is 9.92. The zero-order chi connectivity index (χ0) is 22.3. The van der Waals surface area contributed by atoms with Gasteiger partial charge >= 0.3 is 0 Å². The summed E-state index contributed by atoms with van der Waals surface area (Å²) in [6.07, 6.45) is 0. The van der Waals surface area contributed by atoms with Crippen molar-refractivity contribution >= 4 is 17.8 Å². The number of aromatic nitrogens is 3. The summed E-state index contributed by atoms with van der Waals surface area (Å²) in [6.45, 7) is 5.51. The average Bonchev–Trinajstić information content (AvgIpc) is 3.27. The molecule has 32 heavy (non-hydrogen) atoms. The first kappa shape index (κ1) is 21.3. The SMILES string of the molecule is CCN(Cc1ccccc1)c1nc(N(Cc2ccccc2)C(C)=O)nn1-c1ccccc1. The van der Waals surface area contributed by atoms with Crippen LogP contribution in [0.15, 0.2) is 91.0 Å². The van der Waals surface area contributed by atoms with E-state index in [2.05, 4.69) is 24.0 Å². The number of benzene rings is 3. The number of carbonyl (C=O) groups is 1. The topological polar surface area (TPSA) is 54.3 Å². The van der Waals surface area contributed by atoms with Crippen LogP contribution < -0.4 is 9.80 Å². The van der Waals surface area contributed by atoms with Crippen LogP contribution in [0.1, 0.15) is 25.0 Å². The van der Waals surface area contributed by atoms with Gasteiger partial charge in [-0.3, -0.25) is 9.69 Å². The van der Waals surface area contributed by atoms with Gasteiger partial charge in [0, 0.05) is 20.0 Å². The highest BCUT2D eigenvalue weighted by Gasteiger charge is 2.23. The first-order valence-electron chi connectivity index (χ1n) is 10.8. The number of amides is 1. The number of anilines is 2. The summed E-state index contributed by atoms with van der Waals surface area (Å²) in [6, 6.07) is 30.1. The summed E-state index contributed by atoms with van der Waals surface area (Å²) in [5.41, 5.74) is 3.11. The number of carbonyl (C=O) groups excluding carboxylic acids is 1. The minimum Gasteiger partial charge on any atom is -0.337 e. The minimum absolute atomic E-state index is 0.100.